The summed E-state index contributed by atoms with van der Waals surface area (Å²) in [6, 6.07) is 4.72. The van der Waals surface area contributed by atoms with E-state index in [0.29, 0.717) is 0 Å². The number of fused-ring (bicyclic) bond motifs is 2. The van der Waals surface area contributed by atoms with E-state index in [9.17, 15) is 0 Å². The van der Waals surface area contributed by atoms with Crippen LogP contribution in [0.15, 0.2) is 40.7 Å². The molecule has 3 rings (SSSR count). The molecule has 0 saturated heterocycles. The van der Waals surface area contributed by atoms with Crippen molar-refractivity contribution < 1.29 is 9.05 Å². The van der Waals surface area contributed by atoms with Gasteiger partial charge in [-0.25, -0.2) is 0 Å². The van der Waals surface area contributed by atoms with Crippen LogP contribution in [0.5, 0.6) is 5.75 Å². The summed E-state index contributed by atoms with van der Waals surface area (Å²) in [5.41, 5.74) is 9.26. The highest BCUT2D eigenvalue weighted by Crippen LogP contribution is 2.52. The molecular formula is C30H45O2P. The van der Waals surface area contributed by atoms with E-state index in [-0.39, 0.29) is 30.7 Å². The maximum atomic E-state index is 6.46. The minimum absolute atomic E-state index is 0.0197. The molecule has 0 spiro atoms. The Morgan fingerprint density at radius 2 is 1.33 bits per heavy atom. The molecule has 1 aliphatic heterocycles. The average Bonchev–Trinajstić information content (AvgIpc) is 2.62. The average molecular weight is 469 g/mol. The van der Waals surface area contributed by atoms with Gasteiger partial charge in [-0.1, -0.05) is 101 Å². The van der Waals surface area contributed by atoms with Crippen LogP contribution in [0.1, 0.15) is 113 Å². The van der Waals surface area contributed by atoms with Gasteiger partial charge in [0.25, 0.3) is 9.03 Å². The van der Waals surface area contributed by atoms with Crippen LogP contribution in [0.2, 0.25) is 0 Å². The molecule has 2 nitrogen and oxygen atoms in total. The van der Waals surface area contributed by atoms with Gasteiger partial charge in [0.2, 0.25) is 0 Å². The SMILES string of the molecule is C/C1=C2\CC(C(C)(C)C)=CC(C(C)(C)C)=C2OPOc2c1cc(C(C)(C)C)cc2C(C)(C)C. The van der Waals surface area contributed by atoms with Gasteiger partial charge in [-0.2, -0.15) is 0 Å². The van der Waals surface area contributed by atoms with E-state index >= 15 is 0 Å². The Hall–Kier alpha value is -1.53. The molecule has 0 N–H and O–H groups in total. The maximum Gasteiger partial charge on any atom is 0.275 e. The summed E-state index contributed by atoms with van der Waals surface area (Å²) in [6.45, 7) is 29.7. The van der Waals surface area contributed by atoms with Crippen molar-refractivity contribution in [2.75, 3.05) is 0 Å². The second kappa shape index (κ2) is 8.30. The van der Waals surface area contributed by atoms with Crippen molar-refractivity contribution in [3.63, 3.8) is 0 Å². The molecule has 1 heterocycles. The van der Waals surface area contributed by atoms with Gasteiger partial charge in [0.15, 0.2) is 0 Å². The topological polar surface area (TPSA) is 18.5 Å². The second-order valence-corrected chi connectivity index (χ2v) is 14.5. The molecule has 0 radical (unpaired) electrons. The molecule has 0 amide bonds. The van der Waals surface area contributed by atoms with Crippen molar-refractivity contribution in [1.82, 2.24) is 0 Å². The predicted octanol–water partition coefficient (Wildman–Crippen LogP) is 9.65. The molecule has 0 aromatic heterocycles. The lowest BCUT2D eigenvalue weighted by molar-refractivity contribution is 0.387. The Kier molecular flexibility index (Phi) is 6.56. The molecule has 0 bridgehead atoms. The summed E-state index contributed by atoms with van der Waals surface area (Å²) < 4.78 is 12.9. The second-order valence-electron chi connectivity index (χ2n) is 13.9. The van der Waals surface area contributed by atoms with Crippen LogP contribution < -0.4 is 4.52 Å². The first-order valence-corrected chi connectivity index (χ1v) is 13.1. The number of allylic oxidation sites excluding steroid dienone is 5. The number of hydrogen-bond acceptors (Lipinski definition) is 2. The van der Waals surface area contributed by atoms with E-state index in [1.165, 1.54) is 39.0 Å². The third-order valence-electron chi connectivity index (χ3n) is 6.88. The van der Waals surface area contributed by atoms with E-state index in [4.69, 9.17) is 9.05 Å². The molecule has 3 heteroatoms. The van der Waals surface area contributed by atoms with Crippen LogP contribution in [-0.4, -0.2) is 0 Å². The van der Waals surface area contributed by atoms with Gasteiger partial charge in [0, 0.05) is 22.3 Å². The van der Waals surface area contributed by atoms with Gasteiger partial charge in [0.1, 0.15) is 11.5 Å². The van der Waals surface area contributed by atoms with Crippen LogP contribution in [0, 0.1) is 10.8 Å². The van der Waals surface area contributed by atoms with Crippen molar-refractivity contribution in [1.29, 1.82) is 0 Å². The highest BCUT2D eigenvalue weighted by Gasteiger charge is 2.35. The van der Waals surface area contributed by atoms with Gasteiger partial charge in [-0.3, -0.25) is 0 Å². The van der Waals surface area contributed by atoms with Crippen LogP contribution >= 0.6 is 9.03 Å². The number of hydrogen-bond donors (Lipinski definition) is 0. The van der Waals surface area contributed by atoms with Crippen LogP contribution in [-0.2, 0) is 15.4 Å². The molecule has 1 aromatic rings. The molecule has 1 aromatic carbocycles. The molecular weight excluding hydrogens is 423 g/mol. The van der Waals surface area contributed by atoms with Crippen molar-refractivity contribution >= 4 is 14.6 Å². The first kappa shape index (κ1) is 26.1. The highest BCUT2D eigenvalue weighted by molar-refractivity contribution is 7.26. The summed E-state index contributed by atoms with van der Waals surface area (Å²) in [4.78, 5) is 0. The normalized spacial score (nSPS) is 20.9. The molecule has 33 heavy (non-hydrogen) atoms. The Morgan fingerprint density at radius 1 is 0.727 bits per heavy atom. The summed E-state index contributed by atoms with van der Waals surface area (Å²) >= 11 is 0. The zero-order valence-corrected chi connectivity index (χ0v) is 24.3. The van der Waals surface area contributed by atoms with Crippen molar-refractivity contribution in [3.8, 4) is 5.75 Å². The first-order chi connectivity index (χ1) is 14.8. The van der Waals surface area contributed by atoms with Crippen LogP contribution in [0.3, 0.4) is 0 Å². The summed E-state index contributed by atoms with van der Waals surface area (Å²) in [6.07, 6.45) is 3.31. The van der Waals surface area contributed by atoms with Crippen LogP contribution in [0.4, 0.5) is 0 Å². The van der Waals surface area contributed by atoms with Gasteiger partial charge >= 0.3 is 0 Å². The first-order valence-electron chi connectivity index (χ1n) is 12.3. The number of benzene rings is 1. The van der Waals surface area contributed by atoms with Gasteiger partial charge in [-0.05, 0) is 52.2 Å². The molecule has 0 fully saturated rings. The molecule has 0 saturated carbocycles. The molecule has 182 valence electrons. The zero-order valence-electron chi connectivity index (χ0n) is 23.3. The largest absolute Gasteiger partial charge is 0.440 e. The Morgan fingerprint density at radius 3 is 1.82 bits per heavy atom. The standard InChI is InChI=1S/C30H45O2P/c1-18-21-14-19(27(2,3)4)16-23(29(8,9)10)25(21)31-33-32-26-22(18)15-20(28(5,6)7)17-24(26)30(11,12)13/h14,16-17,33H,15H2,1-13H3/b22-18-. The summed E-state index contributed by atoms with van der Waals surface area (Å²) in [7, 11) is -0.0615. The Labute approximate surface area is 204 Å². The zero-order chi connectivity index (χ0) is 25.1. The third-order valence-corrected chi connectivity index (χ3v) is 7.46. The molecule has 1 atom stereocenters. The third kappa shape index (κ3) is 5.27. The van der Waals surface area contributed by atoms with E-state index in [1.54, 1.807) is 0 Å². The fourth-order valence-corrected chi connectivity index (χ4v) is 5.12. The fourth-order valence-electron chi connectivity index (χ4n) is 4.46. The van der Waals surface area contributed by atoms with E-state index in [2.05, 4.69) is 108 Å². The fraction of sp³-hybridized carbons (Fsp3) is 0.600. The van der Waals surface area contributed by atoms with Crippen molar-refractivity contribution in [3.05, 3.63) is 57.4 Å². The molecule has 2 aliphatic rings. The summed E-state index contributed by atoms with van der Waals surface area (Å²) in [5.74, 6) is 2.01. The Bertz CT molecular complexity index is 1040. The monoisotopic (exact) mass is 468 g/mol. The van der Waals surface area contributed by atoms with Gasteiger partial charge in [0.05, 0.1) is 0 Å². The van der Waals surface area contributed by atoms with E-state index < -0.39 is 0 Å². The predicted molar refractivity (Wildman–Crippen MR) is 145 cm³/mol. The van der Waals surface area contributed by atoms with Gasteiger partial charge < -0.3 is 9.05 Å². The maximum absolute atomic E-state index is 6.46. The lowest BCUT2D eigenvalue weighted by Gasteiger charge is -2.37. The minimum atomic E-state index is -0.0615. The van der Waals surface area contributed by atoms with E-state index in [1.807, 2.05) is 0 Å². The lowest BCUT2D eigenvalue weighted by atomic mass is 9.72. The van der Waals surface area contributed by atoms with Gasteiger partial charge in [-0.15, -0.1) is 0 Å². The summed E-state index contributed by atoms with van der Waals surface area (Å²) in [5, 5.41) is 0. The molecule has 1 unspecified atom stereocenters. The molecule has 1 aliphatic carbocycles. The minimum Gasteiger partial charge on any atom is -0.440 e. The van der Waals surface area contributed by atoms with Crippen LogP contribution in [0.25, 0.3) is 5.57 Å². The van der Waals surface area contributed by atoms with E-state index in [0.717, 1.165) is 17.9 Å². The Balaban J connectivity index is 2.41. The lowest BCUT2D eigenvalue weighted by Crippen LogP contribution is -2.22. The smallest absolute Gasteiger partial charge is 0.275 e. The highest BCUT2D eigenvalue weighted by atomic mass is 31.1. The van der Waals surface area contributed by atoms with Crippen molar-refractivity contribution in [2.45, 2.75) is 107 Å². The number of rotatable bonds is 0. The quantitative estimate of drug-likeness (QED) is 0.353. The van der Waals surface area contributed by atoms with Crippen molar-refractivity contribution in [2.24, 2.45) is 10.8 Å².